The molecule has 0 spiro atoms. The largest absolute Gasteiger partial charge is 0.497 e. The van der Waals surface area contributed by atoms with Gasteiger partial charge in [0, 0.05) is 17.5 Å². The number of carbonyl (C=O) groups excluding carboxylic acids is 1. The topological polar surface area (TPSA) is 72.8 Å². The maximum atomic E-state index is 12.3. The summed E-state index contributed by atoms with van der Waals surface area (Å²) >= 11 is 0. The average molecular weight is 314 g/mol. The van der Waals surface area contributed by atoms with Crippen molar-refractivity contribution in [1.82, 2.24) is 0 Å². The van der Waals surface area contributed by atoms with Crippen LogP contribution in [0.1, 0.15) is 28.8 Å². The van der Waals surface area contributed by atoms with Gasteiger partial charge in [0.05, 0.1) is 13.7 Å². The molecule has 0 fully saturated rings. The molecule has 2 rings (SSSR count). The predicted molar refractivity (Wildman–Crippen MR) is 85.2 cm³/mol. The molecule has 0 aliphatic rings. The van der Waals surface area contributed by atoms with Crippen molar-refractivity contribution in [1.29, 1.82) is 0 Å². The standard InChI is InChI=1S/C18H18O5/c1-22-15-8-4-13(5-9-15)18(21)14-6-10-16(11-7-14)23-12-2-3-17(19)20/h4-11H,2-3,12H2,1H3,(H,19,20). The maximum absolute atomic E-state index is 12.3. The van der Waals surface area contributed by atoms with Gasteiger partial charge in [0.25, 0.3) is 0 Å². The smallest absolute Gasteiger partial charge is 0.303 e. The molecule has 0 aromatic heterocycles. The number of ketones is 1. The molecule has 0 amide bonds. The van der Waals surface area contributed by atoms with Gasteiger partial charge in [0.15, 0.2) is 5.78 Å². The summed E-state index contributed by atoms with van der Waals surface area (Å²) in [4.78, 5) is 22.8. The minimum absolute atomic E-state index is 0.0774. The van der Waals surface area contributed by atoms with Gasteiger partial charge in [-0.15, -0.1) is 0 Å². The Balaban J connectivity index is 1.95. The predicted octanol–water partition coefficient (Wildman–Crippen LogP) is 3.17. The first-order valence-electron chi connectivity index (χ1n) is 7.23. The van der Waals surface area contributed by atoms with E-state index in [2.05, 4.69) is 0 Å². The van der Waals surface area contributed by atoms with Gasteiger partial charge >= 0.3 is 5.97 Å². The fourth-order valence-corrected chi connectivity index (χ4v) is 2.03. The Morgan fingerprint density at radius 3 is 1.91 bits per heavy atom. The first-order chi connectivity index (χ1) is 11.1. The van der Waals surface area contributed by atoms with Crippen molar-refractivity contribution < 1.29 is 24.2 Å². The Bertz CT molecular complexity index is 659. The number of benzene rings is 2. The van der Waals surface area contributed by atoms with Crippen LogP contribution in [0.25, 0.3) is 0 Å². The van der Waals surface area contributed by atoms with E-state index in [0.717, 1.165) is 0 Å². The number of hydrogen-bond donors (Lipinski definition) is 1. The van der Waals surface area contributed by atoms with Crippen molar-refractivity contribution >= 4 is 11.8 Å². The Morgan fingerprint density at radius 1 is 0.913 bits per heavy atom. The van der Waals surface area contributed by atoms with E-state index in [1.807, 2.05) is 0 Å². The molecule has 5 heteroatoms. The molecule has 0 aliphatic carbocycles. The zero-order valence-electron chi connectivity index (χ0n) is 12.8. The average Bonchev–Trinajstić information content (AvgIpc) is 2.58. The highest BCUT2D eigenvalue weighted by atomic mass is 16.5. The molecule has 0 saturated carbocycles. The zero-order chi connectivity index (χ0) is 16.7. The van der Waals surface area contributed by atoms with Crippen molar-refractivity contribution in [2.24, 2.45) is 0 Å². The van der Waals surface area contributed by atoms with Gasteiger partial charge in [0.2, 0.25) is 0 Å². The molecule has 0 saturated heterocycles. The Labute approximate surface area is 134 Å². The van der Waals surface area contributed by atoms with Gasteiger partial charge in [-0.1, -0.05) is 0 Å². The molecule has 2 aromatic rings. The number of methoxy groups -OCH3 is 1. The molecule has 0 heterocycles. The van der Waals surface area contributed by atoms with Crippen molar-refractivity contribution in [3.63, 3.8) is 0 Å². The monoisotopic (exact) mass is 314 g/mol. The Kier molecular flexibility index (Phi) is 5.74. The fraction of sp³-hybridized carbons (Fsp3) is 0.222. The summed E-state index contributed by atoms with van der Waals surface area (Å²) in [7, 11) is 1.58. The highest BCUT2D eigenvalue weighted by molar-refractivity contribution is 6.09. The van der Waals surface area contributed by atoms with Crippen molar-refractivity contribution in [2.75, 3.05) is 13.7 Å². The van der Waals surface area contributed by atoms with E-state index < -0.39 is 5.97 Å². The first-order valence-corrected chi connectivity index (χ1v) is 7.23. The number of carboxylic acids is 1. The minimum atomic E-state index is -0.839. The number of rotatable bonds is 8. The van der Waals surface area contributed by atoms with E-state index >= 15 is 0 Å². The molecule has 0 radical (unpaired) electrons. The molecule has 120 valence electrons. The lowest BCUT2D eigenvalue weighted by molar-refractivity contribution is -0.137. The Morgan fingerprint density at radius 2 is 1.43 bits per heavy atom. The second-order valence-electron chi connectivity index (χ2n) is 4.93. The van der Waals surface area contributed by atoms with E-state index in [0.29, 0.717) is 35.7 Å². The normalized spacial score (nSPS) is 10.1. The molecule has 0 unspecified atom stereocenters. The van der Waals surface area contributed by atoms with Crippen LogP contribution in [0.4, 0.5) is 0 Å². The molecule has 2 aromatic carbocycles. The van der Waals surface area contributed by atoms with Crippen molar-refractivity contribution in [3.8, 4) is 11.5 Å². The summed E-state index contributed by atoms with van der Waals surface area (Å²) in [6.45, 7) is 0.331. The number of hydrogen-bond acceptors (Lipinski definition) is 4. The highest BCUT2D eigenvalue weighted by Gasteiger charge is 2.09. The van der Waals surface area contributed by atoms with E-state index in [4.69, 9.17) is 14.6 Å². The third-order valence-electron chi connectivity index (χ3n) is 3.27. The quantitative estimate of drug-likeness (QED) is 0.598. The molecule has 0 bridgehead atoms. The van der Waals surface area contributed by atoms with E-state index in [1.54, 1.807) is 55.6 Å². The van der Waals surface area contributed by atoms with Crippen LogP contribution in [0.5, 0.6) is 11.5 Å². The lowest BCUT2D eigenvalue weighted by atomic mass is 10.0. The number of aliphatic carboxylic acids is 1. The van der Waals surface area contributed by atoms with E-state index in [9.17, 15) is 9.59 Å². The zero-order valence-corrected chi connectivity index (χ0v) is 12.8. The molecule has 0 atom stereocenters. The number of carboxylic acid groups (broad SMARTS) is 1. The molecular weight excluding hydrogens is 296 g/mol. The van der Waals surface area contributed by atoms with Crippen LogP contribution < -0.4 is 9.47 Å². The summed E-state index contributed by atoms with van der Waals surface area (Å²) in [5.74, 6) is 0.396. The Hall–Kier alpha value is -2.82. The number of ether oxygens (including phenoxy) is 2. The van der Waals surface area contributed by atoms with Crippen LogP contribution in [-0.4, -0.2) is 30.6 Å². The van der Waals surface area contributed by atoms with Gasteiger partial charge in [-0.05, 0) is 55.0 Å². The van der Waals surface area contributed by atoms with Crippen molar-refractivity contribution in [3.05, 3.63) is 59.7 Å². The molecule has 0 aliphatic heterocycles. The minimum Gasteiger partial charge on any atom is -0.497 e. The summed E-state index contributed by atoms with van der Waals surface area (Å²) in [5, 5.41) is 8.55. The summed E-state index contributed by atoms with van der Waals surface area (Å²) in [6, 6.07) is 13.7. The lowest BCUT2D eigenvalue weighted by Gasteiger charge is -2.07. The molecular formula is C18H18O5. The summed E-state index contributed by atoms with van der Waals surface area (Å²) in [5.41, 5.74) is 1.15. The van der Waals surface area contributed by atoms with Crippen LogP contribution in [-0.2, 0) is 4.79 Å². The first kappa shape index (κ1) is 16.5. The third-order valence-corrected chi connectivity index (χ3v) is 3.27. The molecule has 23 heavy (non-hydrogen) atoms. The van der Waals surface area contributed by atoms with Crippen LogP contribution >= 0.6 is 0 Å². The van der Waals surface area contributed by atoms with Gasteiger partial charge in [-0.3, -0.25) is 9.59 Å². The van der Waals surface area contributed by atoms with Gasteiger partial charge in [0.1, 0.15) is 11.5 Å². The second-order valence-corrected chi connectivity index (χ2v) is 4.93. The summed E-state index contributed by atoms with van der Waals surface area (Å²) < 4.78 is 10.5. The van der Waals surface area contributed by atoms with Gasteiger partial charge < -0.3 is 14.6 Å². The number of carbonyl (C=O) groups is 2. The van der Waals surface area contributed by atoms with Gasteiger partial charge in [-0.2, -0.15) is 0 Å². The van der Waals surface area contributed by atoms with Gasteiger partial charge in [-0.25, -0.2) is 0 Å². The third kappa shape index (κ3) is 4.85. The van der Waals surface area contributed by atoms with E-state index in [1.165, 1.54) is 0 Å². The van der Waals surface area contributed by atoms with Crippen LogP contribution in [0.15, 0.2) is 48.5 Å². The van der Waals surface area contributed by atoms with E-state index in [-0.39, 0.29) is 12.2 Å². The summed E-state index contributed by atoms with van der Waals surface area (Å²) in [6.07, 6.45) is 0.524. The second kappa shape index (κ2) is 7.98. The molecule has 5 nitrogen and oxygen atoms in total. The SMILES string of the molecule is COc1ccc(C(=O)c2ccc(OCCCC(=O)O)cc2)cc1. The fourth-order valence-electron chi connectivity index (χ4n) is 2.03. The van der Waals surface area contributed by atoms with Crippen molar-refractivity contribution in [2.45, 2.75) is 12.8 Å². The van der Waals surface area contributed by atoms with Crippen LogP contribution in [0, 0.1) is 0 Å². The van der Waals surface area contributed by atoms with Crippen LogP contribution in [0.2, 0.25) is 0 Å². The maximum Gasteiger partial charge on any atom is 0.303 e. The lowest BCUT2D eigenvalue weighted by Crippen LogP contribution is -2.03. The highest BCUT2D eigenvalue weighted by Crippen LogP contribution is 2.18. The molecule has 1 N–H and O–H groups in total. The van der Waals surface area contributed by atoms with Crippen LogP contribution in [0.3, 0.4) is 0 Å².